The van der Waals surface area contributed by atoms with E-state index in [-0.39, 0.29) is 12.1 Å². The topological polar surface area (TPSA) is 52.0 Å². The highest BCUT2D eigenvalue weighted by Gasteiger charge is 2.13. The number of nitrogens with zero attached hydrogens (tertiary/aromatic N) is 2. The fourth-order valence-corrected chi connectivity index (χ4v) is 1.87. The number of Topliss-reactive ketones (excluding diaryl/α,β-unsaturated/α-hetero) is 1. The molecular weight excluding hydrogens is 266 g/mol. The fourth-order valence-electron chi connectivity index (χ4n) is 1.87. The summed E-state index contributed by atoms with van der Waals surface area (Å²) in [5, 5.41) is 0. The first kappa shape index (κ1) is 14.0. The Morgan fingerprint density at radius 2 is 1.90 bits per heavy atom. The number of halogens is 2. The van der Waals surface area contributed by atoms with Crippen LogP contribution in [0.4, 0.5) is 8.78 Å². The van der Waals surface area contributed by atoms with Crippen LogP contribution in [0.25, 0.3) is 0 Å². The molecule has 104 valence electrons. The lowest BCUT2D eigenvalue weighted by atomic mass is 10.1. The Hall–Kier alpha value is -2.37. The van der Waals surface area contributed by atoms with Gasteiger partial charge in [0.15, 0.2) is 17.4 Å². The molecule has 0 N–H and O–H groups in total. The van der Waals surface area contributed by atoms with Crippen LogP contribution in [0.1, 0.15) is 21.7 Å². The molecule has 0 spiro atoms. The van der Waals surface area contributed by atoms with Gasteiger partial charge in [-0.3, -0.25) is 9.36 Å². The monoisotopic (exact) mass is 278 g/mol. The first-order chi connectivity index (χ1) is 9.38. The van der Waals surface area contributed by atoms with E-state index in [1.54, 1.807) is 19.9 Å². The summed E-state index contributed by atoms with van der Waals surface area (Å²) >= 11 is 0. The molecule has 2 aromatic rings. The Kier molecular flexibility index (Phi) is 3.74. The second-order valence-electron chi connectivity index (χ2n) is 4.46. The molecule has 0 saturated carbocycles. The number of aromatic nitrogens is 2. The highest BCUT2D eigenvalue weighted by Crippen LogP contribution is 2.10. The minimum absolute atomic E-state index is 0.00998. The predicted octanol–water partition coefficient (Wildman–Crippen LogP) is 2.02. The Morgan fingerprint density at radius 3 is 2.50 bits per heavy atom. The van der Waals surface area contributed by atoms with Crippen LogP contribution in [0.3, 0.4) is 0 Å². The Balaban J connectivity index is 2.33. The van der Waals surface area contributed by atoms with Crippen molar-refractivity contribution >= 4 is 5.78 Å². The molecule has 0 radical (unpaired) electrons. The summed E-state index contributed by atoms with van der Waals surface area (Å²) in [5.41, 5.74) is 0.608. The third kappa shape index (κ3) is 2.79. The summed E-state index contributed by atoms with van der Waals surface area (Å²) in [6.45, 7) is 3.09. The van der Waals surface area contributed by atoms with E-state index in [0.717, 1.165) is 12.1 Å². The van der Waals surface area contributed by atoms with Crippen molar-refractivity contribution in [2.75, 3.05) is 0 Å². The van der Waals surface area contributed by atoms with E-state index in [9.17, 15) is 18.4 Å². The van der Waals surface area contributed by atoms with Crippen molar-refractivity contribution in [1.29, 1.82) is 0 Å². The number of hydrogen-bond donors (Lipinski definition) is 0. The van der Waals surface area contributed by atoms with Gasteiger partial charge >= 0.3 is 5.69 Å². The molecule has 1 heterocycles. The first-order valence-corrected chi connectivity index (χ1v) is 5.92. The highest BCUT2D eigenvalue weighted by atomic mass is 19.2. The average molecular weight is 278 g/mol. The molecular formula is C14H12F2N2O2. The molecule has 2 rings (SSSR count). The summed E-state index contributed by atoms with van der Waals surface area (Å²) < 4.78 is 27.1. The lowest BCUT2D eigenvalue weighted by Crippen LogP contribution is -2.28. The van der Waals surface area contributed by atoms with Crippen molar-refractivity contribution in [3.05, 3.63) is 63.3 Å². The van der Waals surface area contributed by atoms with Gasteiger partial charge in [-0.2, -0.15) is 4.98 Å². The molecule has 4 nitrogen and oxygen atoms in total. The minimum atomic E-state index is -1.10. The second-order valence-corrected chi connectivity index (χ2v) is 4.46. The zero-order valence-electron chi connectivity index (χ0n) is 11.0. The van der Waals surface area contributed by atoms with Gasteiger partial charge in [0.25, 0.3) is 0 Å². The summed E-state index contributed by atoms with van der Waals surface area (Å²) in [5.74, 6) is -2.60. The Bertz CT molecular complexity index is 738. The third-order valence-electron chi connectivity index (χ3n) is 2.89. The normalized spacial score (nSPS) is 10.6. The molecule has 0 aliphatic carbocycles. The van der Waals surface area contributed by atoms with Gasteiger partial charge in [-0.05, 0) is 38.1 Å². The zero-order chi connectivity index (χ0) is 14.9. The maximum Gasteiger partial charge on any atom is 0.348 e. The lowest BCUT2D eigenvalue weighted by molar-refractivity contribution is 0.0968. The van der Waals surface area contributed by atoms with Crippen LogP contribution in [-0.4, -0.2) is 15.3 Å². The van der Waals surface area contributed by atoms with Crippen molar-refractivity contribution in [2.45, 2.75) is 20.4 Å². The second kappa shape index (κ2) is 5.32. The Labute approximate surface area is 113 Å². The first-order valence-electron chi connectivity index (χ1n) is 5.92. The van der Waals surface area contributed by atoms with Gasteiger partial charge in [0.2, 0.25) is 0 Å². The molecule has 0 bridgehead atoms. The molecule has 0 amide bonds. The summed E-state index contributed by atoms with van der Waals surface area (Å²) in [4.78, 5) is 27.4. The van der Waals surface area contributed by atoms with E-state index in [0.29, 0.717) is 11.4 Å². The van der Waals surface area contributed by atoms with E-state index in [2.05, 4.69) is 4.98 Å². The number of ketones is 1. The van der Waals surface area contributed by atoms with Gasteiger partial charge in [-0.25, -0.2) is 13.6 Å². The van der Waals surface area contributed by atoms with E-state index >= 15 is 0 Å². The van der Waals surface area contributed by atoms with Crippen molar-refractivity contribution < 1.29 is 13.6 Å². The van der Waals surface area contributed by atoms with Crippen LogP contribution in [0.5, 0.6) is 0 Å². The van der Waals surface area contributed by atoms with Crippen molar-refractivity contribution in [1.82, 2.24) is 9.55 Å². The average Bonchev–Trinajstić information content (AvgIpc) is 2.36. The smallest absolute Gasteiger partial charge is 0.292 e. The van der Waals surface area contributed by atoms with Gasteiger partial charge < -0.3 is 0 Å². The van der Waals surface area contributed by atoms with Crippen LogP contribution >= 0.6 is 0 Å². The fraction of sp³-hybridized carbons (Fsp3) is 0.214. The third-order valence-corrected chi connectivity index (χ3v) is 2.89. The van der Waals surface area contributed by atoms with Gasteiger partial charge in [0.1, 0.15) is 0 Å². The van der Waals surface area contributed by atoms with Gasteiger partial charge in [0.05, 0.1) is 6.54 Å². The van der Waals surface area contributed by atoms with Crippen LogP contribution < -0.4 is 5.69 Å². The van der Waals surface area contributed by atoms with Gasteiger partial charge in [0, 0.05) is 17.0 Å². The predicted molar refractivity (Wildman–Crippen MR) is 68.7 cm³/mol. The number of benzene rings is 1. The molecule has 0 unspecified atom stereocenters. The number of hydrogen-bond acceptors (Lipinski definition) is 3. The van der Waals surface area contributed by atoms with E-state index in [1.165, 1.54) is 10.6 Å². The SMILES string of the molecule is Cc1cc(C)n(CC(=O)c2ccc(F)c(F)c2)c(=O)n1. The van der Waals surface area contributed by atoms with Crippen molar-refractivity contribution in [2.24, 2.45) is 0 Å². The zero-order valence-corrected chi connectivity index (χ0v) is 11.0. The standard InChI is InChI=1S/C14H12F2N2O2/c1-8-5-9(2)18(14(20)17-8)7-13(19)10-3-4-11(15)12(16)6-10/h3-6H,7H2,1-2H3. The quantitative estimate of drug-likeness (QED) is 0.807. The highest BCUT2D eigenvalue weighted by molar-refractivity contribution is 5.95. The molecule has 1 aromatic heterocycles. The molecule has 0 aliphatic rings. The molecule has 0 atom stereocenters. The van der Waals surface area contributed by atoms with Crippen LogP contribution in [0, 0.1) is 25.5 Å². The number of rotatable bonds is 3. The molecule has 0 fully saturated rings. The number of carbonyl (C=O) groups is 1. The molecule has 6 heteroatoms. The minimum Gasteiger partial charge on any atom is -0.292 e. The van der Waals surface area contributed by atoms with Gasteiger partial charge in [-0.15, -0.1) is 0 Å². The largest absolute Gasteiger partial charge is 0.348 e. The Morgan fingerprint density at radius 1 is 1.20 bits per heavy atom. The summed E-state index contributed by atoms with van der Waals surface area (Å²) in [7, 11) is 0. The van der Waals surface area contributed by atoms with E-state index in [1.807, 2.05) is 0 Å². The van der Waals surface area contributed by atoms with Crippen molar-refractivity contribution in [3.8, 4) is 0 Å². The molecule has 20 heavy (non-hydrogen) atoms. The van der Waals surface area contributed by atoms with Crippen LogP contribution in [-0.2, 0) is 6.54 Å². The molecule has 0 aliphatic heterocycles. The maximum absolute atomic E-state index is 13.1. The molecule has 1 aromatic carbocycles. The number of aryl methyl sites for hydroxylation is 2. The van der Waals surface area contributed by atoms with Crippen LogP contribution in [0.2, 0.25) is 0 Å². The maximum atomic E-state index is 13.1. The van der Waals surface area contributed by atoms with Crippen molar-refractivity contribution in [3.63, 3.8) is 0 Å². The van der Waals surface area contributed by atoms with E-state index < -0.39 is 23.1 Å². The van der Waals surface area contributed by atoms with Gasteiger partial charge in [-0.1, -0.05) is 0 Å². The van der Waals surface area contributed by atoms with Crippen LogP contribution in [0.15, 0.2) is 29.1 Å². The number of carbonyl (C=O) groups excluding carboxylic acids is 1. The summed E-state index contributed by atoms with van der Waals surface area (Å²) in [6.07, 6.45) is 0. The molecule has 0 saturated heterocycles. The summed E-state index contributed by atoms with van der Waals surface area (Å²) in [6, 6.07) is 4.55. The lowest BCUT2D eigenvalue weighted by Gasteiger charge is -2.09. The van der Waals surface area contributed by atoms with E-state index in [4.69, 9.17) is 0 Å².